The first-order valence-corrected chi connectivity index (χ1v) is 12.4. The van der Waals surface area contributed by atoms with E-state index in [0.29, 0.717) is 15.6 Å². The molecule has 0 unspecified atom stereocenters. The molecule has 184 valence electrons. The molecule has 1 fully saturated rings. The minimum Gasteiger partial charge on any atom is -0.478 e. The number of halogens is 2. The molecule has 0 bridgehead atoms. The number of rotatable bonds is 5. The van der Waals surface area contributed by atoms with E-state index < -0.39 is 17.9 Å². The van der Waals surface area contributed by atoms with Crippen molar-refractivity contribution in [3.05, 3.63) is 86.0 Å². The maximum Gasteiger partial charge on any atom is 0.338 e. The van der Waals surface area contributed by atoms with Crippen LogP contribution in [0.5, 0.6) is 0 Å². The maximum absolute atomic E-state index is 13.0. The van der Waals surface area contributed by atoms with Crippen LogP contribution in [0.3, 0.4) is 0 Å². The lowest BCUT2D eigenvalue weighted by molar-refractivity contribution is -0.123. The van der Waals surface area contributed by atoms with Crippen LogP contribution in [0.1, 0.15) is 27.3 Å². The summed E-state index contributed by atoms with van der Waals surface area (Å²) in [6.07, 6.45) is 1.71. The van der Waals surface area contributed by atoms with Crippen molar-refractivity contribution in [1.82, 2.24) is 15.0 Å². The fourth-order valence-electron chi connectivity index (χ4n) is 3.62. The van der Waals surface area contributed by atoms with Gasteiger partial charge in [-0.1, -0.05) is 35.0 Å². The predicted molar refractivity (Wildman–Crippen MR) is 146 cm³/mol. The Hall–Kier alpha value is -3.31. The first kappa shape index (κ1) is 25.8. The zero-order valence-electron chi connectivity index (χ0n) is 18.8. The third-order valence-electron chi connectivity index (χ3n) is 5.31. The average molecular weight is 561 g/mol. The molecule has 12 heteroatoms. The second kappa shape index (κ2) is 10.4. The number of nitrogens with zero attached hydrogens (tertiary/aromatic N) is 2. The van der Waals surface area contributed by atoms with Gasteiger partial charge in [0, 0.05) is 22.8 Å². The standard InChI is InChI=1S/C24H18Cl2N4O4S2/c1-12-9-15(13(2)29(12)17-6-3-14(4-7-17)22(32)33)10-20-21(31)30(24(35)36-20)28-23(34)27-16-5-8-18(25)19(26)11-16/h3-11H,1-2H3,(H,32,33)(H2,27,28,34)/b20-10+. The zero-order valence-corrected chi connectivity index (χ0v) is 22.0. The molecular formula is C24H18Cl2N4O4S2. The number of carboxylic acid groups (broad SMARTS) is 1. The van der Waals surface area contributed by atoms with Crippen molar-refractivity contribution >= 4 is 81.2 Å². The van der Waals surface area contributed by atoms with Gasteiger partial charge in [-0.2, -0.15) is 5.01 Å². The molecule has 0 saturated carbocycles. The number of anilines is 1. The number of aromatic nitrogens is 1. The van der Waals surface area contributed by atoms with Crippen molar-refractivity contribution in [3.63, 3.8) is 0 Å². The number of thiocarbonyl (C=S) groups is 1. The summed E-state index contributed by atoms with van der Waals surface area (Å²) >= 11 is 18.2. The number of thioether (sulfide) groups is 1. The van der Waals surface area contributed by atoms with Crippen LogP contribution in [0.4, 0.5) is 10.5 Å². The van der Waals surface area contributed by atoms with Crippen molar-refractivity contribution < 1.29 is 19.5 Å². The van der Waals surface area contributed by atoms with Crippen LogP contribution in [-0.2, 0) is 4.79 Å². The predicted octanol–water partition coefficient (Wildman–Crippen LogP) is 6.04. The minimum atomic E-state index is -0.996. The lowest BCUT2D eigenvalue weighted by Gasteiger charge is -2.16. The van der Waals surface area contributed by atoms with Crippen LogP contribution in [0, 0.1) is 13.8 Å². The molecule has 1 saturated heterocycles. The lowest BCUT2D eigenvalue weighted by atomic mass is 10.2. The van der Waals surface area contributed by atoms with Gasteiger partial charge in [0.25, 0.3) is 5.91 Å². The van der Waals surface area contributed by atoms with Gasteiger partial charge >= 0.3 is 12.0 Å². The van der Waals surface area contributed by atoms with Gasteiger partial charge in [0.15, 0.2) is 4.32 Å². The Morgan fingerprint density at radius 3 is 2.39 bits per heavy atom. The van der Waals surface area contributed by atoms with E-state index in [4.69, 9.17) is 40.5 Å². The second-order valence-corrected chi connectivity index (χ2v) is 10.2. The molecule has 0 aliphatic carbocycles. The quantitative estimate of drug-likeness (QED) is 0.259. The molecule has 3 N–H and O–H groups in total. The highest BCUT2D eigenvalue weighted by molar-refractivity contribution is 8.26. The van der Waals surface area contributed by atoms with Crippen LogP contribution in [0.25, 0.3) is 11.8 Å². The van der Waals surface area contributed by atoms with Crippen LogP contribution in [0.15, 0.2) is 53.4 Å². The van der Waals surface area contributed by atoms with E-state index >= 15 is 0 Å². The SMILES string of the molecule is Cc1cc(/C=C2/SC(=S)N(NC(=O)Nc3ccc(Cl)c(Cl)c3)C2=O)c(C)n1-c1ccc(C(=O)O)cc1. The van der Waals surface area contributed by atoms with Crippen molar-refractivity contribution in [2.24, 2.45) is 0 Å². The van der Waals surface area contributed by atoms with Gasteiger partial charge in [-0.05, 0) is 86.2 Å². The van der Waals surface area contributed by atoms with Crippen LogP contribution >= 0.6 is 47.2 Å². The third kappa shape index (κ3) is 5.26. The minimum absolute atomic E-state index is 0.175. The summed E-state index contributed by atoms with van der Waals surface area (Å²) in [5, 5.41) is 13.3. The largest absolute Gasteiger partial charge is 0.478 e. The molecule has 1 aliphatic rings. The van der Waals surface area contributed by atoms with Crippen molar-refractivity contribution in [2.45, 2.75) is 13.8 Å². The number of hydrogen-bond acceptors (Lipinski definition) is 5. The van der Waals surface area contributed by atoms with E-state index in [1.54, 1.807) is 30.3 Å². The van der Waals surface area contributed by atoms with Crippen molar-refractivity contribution in [1.29, 1.82) is 0 Å². The molecule has 0 spiro atoms. The Morgan fingerprint density at radius 2 is 1.75 bits per heavy atom. The van der Waals surface area contributed by atoms with Gasteiger partial charge in [-0.15, -0.1) is 0 Å². The van der Waals surface area contributed by atoms with Gasteiger partial charge < -0.3 is 15.0 Å². The number of carbonyl (C=O) groups is 3. The summed E-state index contributed by atoms with van der Waals surface area (Å²) in [6.45, 7) is 3.81. The van der Waals surface area contributed by atoms with Crippen LogP contribution < -0.4 is 10.7 Å². The zero-order chi connectivity index (χ0) is 26.1. The van der Waals surface area contributed by atoms with E-state index in [1.807, 2.05) is 24.5 Å². The summed E-state index contributed by atoms with van der Waals surface area (Å²) in [4.78, 5) is 36.9. The first-order chi connectivity index (χ1) is 17.0. The summed E-state index contributed by atoms with van der Waals surface area (Å²) < 4.78 is 2.13. The summed E-state index contributed by atoms with van der Waals surface area (Å²) in [6, 6.07) is 12.4. The molecule has 36 heavy (non-hydrogen) atoms. The average Bonchev–Trinajstić information content (AvgIpc) is 3.25. The lowest BCUT2D eigenvalue weighted by Crippen LogP contribution is -2.46. The molecule has 8 nitrogen and oxygen atoms in total. The number of hydrogen-bond donors (Lipinski definition) is 3. The molecule has 3 amide bonds. The number of nitrogens with one attached hydrogen (secondary N) is 2. The van der Waals surface area contributed by atoms with E-state index in [-0.39, 0.29) is 14.9 Å². The third-order valence-corrected chi connectivity index (χ3v) is 7.36. The number of carbonyl (C=O) groups excluding carboxylic acids is 2. The molecule has 3 aromatic rings. The maximum atomic E-state index is 13.0. The molecule has 2 heterocycles. The monoisotopic (exact) mass is 560 g/mol. The number of hydrazine groups is 1. The Balaban J connectivity index is 1.52. The molecular weight excluding hydrogens is 543 g/mol. The molecule has 4 rings (SSSR count). The number of urea groups is 1. The van der Waals surface area contributed by atoms with E-state index in [0.717, 1.165) is 39.4 Å². The van der Waals surface area contributed by atoms with Gasteiger partial charge in [-0.25, -0.2) is 15.0 Å². The highest BCUT2D eigenvalue weighted by atomic mass is 35.5. The van der Waals surface area contributed by atoms with Gasteiger partial charge in [0.2, 0.25) is 0 Å². The second-order valence-electron chi connectivity index (χ2n) is 7.73. The number of benzene rings is 2. The van der Waals surface area contributed by atoms with Crippen molar-refractivity contribution in [2.75, 3.05) is 5.32 Å². The fraction of sp³-hybridized carbons (Fsp3) is 0.0833. The Labute approximate surface area is 225 Å². The smallest absolute Gasteiger partial charge is 0.338 e. The first-order valence-electron chi connectivity index (χ1n) is 10.4. The summed E-state index contributed by atoms with van der Waals surface area (Å²) in [5.41, 5.74) is 6.37. The highest BCUT2D eigenvalue weighted by Crippen LogP contribution is 2.33. The number of aryl methyl sites for hydroxylation is 1. The van der Waals surface area contributed by atoms with Gasteiger partial charge in [0.1, 0.15) is 0 Å². The topological polar surface area (TPSA) is 104 Å². The Kier molecular flexibility index (Phi) is 7.41. The molecule has 2 aromatic carbocycles. The highest BCUT2D eigenvalue weighted by Gasteiger charge is 2.34. The van der Waals surface area contributed by atoms with Crippen LogP contribution in [-0.4, -0.2) is 36.9 Å². The Bertz CT molecular complexity index is 1450. The van der Waals surface area contributed by atoms with E-state index in [9.17, 15) is 14.4 Å². The summed E-state index contributed by atoms with van der Waals surface area (Å²) in [5.74, 6) is -1.46. The van der Waals surface area contributed by atoms with E-state index in [1.165, 1.54) is 18.2 Å². The van der Waals surface area contributed by atoms with Crippen LogP contribution in [0.2, 0.25) is 10.0 Å². The number of amides is 3. The normalized spacial score (nSPS) is 14.4. The number of carboxylic acids is 1. The fourth-order valence-corrected chi connectivity index (χ4v) is 5.09. The molecule has 0 radical (unpaired) electrons. The summed E-state index contributed by atoms with van der Waals surface area (Å²) in [7, 11) is 0. The molecule has 1 aromatic heterocycles. The van der Waals surface area contributed by atoms with Crippen molar-refractivity contribution in [3.8, 4) is 5.69 Å². The number of aromatic carboxylic acids is 1. The van der Waals surface area contributed by atoms with Gasteiger partial charge in [0.05, 0.1) is 20.5 Å². The molecule has 0 atom stereocenters. The van der Waals surface area contributed by atoms with E-state index in [2.05, 4.69) is 10.7 Å². The Morgan fingerprint density at radius 1 is 1.06 bits per heavy atom. The van der Waals surface area contributed by atoms with Gasteiger partial charge in [-0.3, -0.25) is 4.79 Å². The molecule has 1 aliphatic heterocycles.